The number of carbonyl (C=O) groups is 1. The third kappa shape index (κ3) is 2.45. The minimum atomic E-state index is -0.995. The second kappa shape index (κ2) is 4.35. The molecule has 0 spiro atoms. The molecule has 4 nitrogen and oxygen atoms in total. The number of rotatable bonds is 2. The van der Waals surface area contributed by atoms with Gasteiger partial charge in [-0.3, -0.25) is 4.79 Å². The second-order valence-corrected chi connectivity index (χ2v) is 5.79. The van der Waals surface area contributed by atoms with E-state index in [9.17, 15) is 9.18 Å². The van der Waals surface area contributed by atoms with Gasteiger partial charge in [-0.25, -0.2) is 4.39 Å². The van der Waals surface area contributed by atoms with Crippen LogP contribution in [0.3, 0.4) is 0 Å². The molecule has 2 aliphatic heterocycles. The fourth-order valence-corrected chi connectivity index (χ4v) is 1.90. The SMILES string of the molecule is CC1(C)OB(C(F)=CC2COC(=O)C2)OC1(C)C. The lowest BCUT2D eigenvalue weighted by atomic mass is 9.85. The van der Waals surface area contributed by atoms with Gasteiger partial charge in [-0.15, -0.1) is 0 Å². The zero-order chi connectivity index (χ0) is 13.6. The Bertz CT molecular complexity index is 376. The first-order valence-corrected chi connectivity index (χ1v) is 6.10. The van der Waals surface area contributed by atoms with Gasteiger partial charge in [0.25, 0.3) is 0 Å². The van der Waals surface area contributed by atoms with E-state index in [0.717, 1.165) is 0 Å². The first-order valence-electron chi connectivity index (χ1n) is 6.10. The Labute approximate surface area is 107 Å². The number of esters is 1. The zero-order valence-electron chi connectivity index (χ0n) is 11.2. The molecule has 0 aromatic rings. The molecule has 18 heavy (non-hydrogen) atoms. The summed E-state index contributed by atoms with van der Waals surface area (Å²) >= 11 is 0. The van der Waals surface area contributed by atoms with Crippen molar-refractivity contribution in [1.29, 1.82) is 0 Å². The van der Waals surface area contributed by atoms with Gasteiger partial charge in [0.15, 0.2) is 0 Å². The van der Waals surface area contributed by atoms with Gasteiger partial charge in [-0.2, -0.15) is 0 Å². The fraction of sp³-hybridized carbons (Fsp3) is 0.750. The van der Waals surface area contributed by atoms with Crippen molar-refractivity contribution in [1.82, 2.24) is 0 Å². The van der Waals surface area contributed by atoms with Gasteiger partial charge in [0.1, 0.15) is 5.73 Å². The third-order valence-electron chi connectivity index (χ3n) is 3.76. The summed E-state index contributed by atoms with van der Waals surface area (Å²) in [5, 5.41) is 0. The van der Waals surface area contributed by atoms with E-state index in [2.05, 4.69) is 0 Å². The molecule has 2 aliphatic rings. The molecule has 0 amide bonds. The summed E-state index contributed by atoms with van der Waals surface area (Å²) in [6, 6.07) is 0. The highest BCUT2D eigenvalue weighted by atomic mass is 19.1. The van der Waals surface area contributed by atoms with Crippen molar-refractivity contribution in [2.45, 2.75) is 45.3 Å². The summed E-state index contributed by atoms with van der Waals surface area (Å²) in [6.07, 6.45) is 1.58. The van der Waals surface area contributed by atoms with Crippen LogP contribution in [0.2, 0.25) is 0 Å². The van der Waals surface area contributed by atoms with Crippen molar-refractivity contribution in [3.8, 4) is 0 Å². The lowest BCUT2D eigenvalue weighted by Crippen LogP contribution is -2.41. The van der Waals surface area contributed by atoms with Crippen LogP contribution in [0.4, 0.5) is 4.39 Å². The Morgan fingerprint density at radius 2 is 1.89 bits per heavy atom. The van der Waals surface area contributed by atoms with Gasteiger partial charge < -0.3 is 14.0 Å². The molecular formula is C12H18BFO4. The molecule has 0 aliphatic carbocycles. The van der Waals surface area contributed by atoms with E-state index >= 15 is 0 Å². The predicted molar refractivity (Wildman–Crippen MR) is 64.3 cm³/mol. The number of ether oxygens (including phenoxy) is 1. The molecule has 0 radical (unpaired) electrons. The van der Waals surface area contributed by atoms with Crippen LogP contribution in [0, 0.1) is 5.92 Å². The van der Waals surface area contributed by atoms with E-state index in [0.29, 0.717) is 0 Å². The van der Waals surface area contributed by atoms with Crippen molar-refractivity contribution in [2.75, 3.05) is 6.61 Å². The van der Waals surface area contributed by atoms with Gasteiger partial charge in [-0.05, 0) is 33.8 Å². The summed E-state index contributed by atoms with van der Waals surface area (Å²) in [4.78, 5) is 10.9. The molecule has 0 N–H and O–H groups in total. The van der Waals surface area contributed by atoms with Crippen molar-refractivity contribution >= 4 is 13.1 Å². The topological polar surface area (TPSA) is 44.8 Å². The Morgan fingerprint density at radius 1 is 1.33 bits per heavy atom. The Morgan fingerprint density at radius 3 is 2.33 bits per heavy atom. The summed E-state index contributed by atoms with van der Waals surface area (Å²) in [5.74, 6) is -0.519. The smallest absolute Gasteiger partial charge is 0.465 e. The van der Waals surface area contributed by atoms with Gasteiger partial charge in [0, 0.05) is 5.92 Å². The molecular weight excluding hydrogens is 238 g/mol. The first-order chi connectivity index (χ1) is 8.21. The van der Waals surface area contributed by atoms with Crippen LogP contribution < -0.4 is 0 Å². The molecule has 2 rings (SSSR count). The van der Waals surface area contributed by atoms with Gasteiger partial charge in [-0.1, -0.05) is 0 Å². The van der Waals surface area contributed by atoms with E-state index < -0.39 is 24.0 Å². The maximum atomic E-state index is 14.0. The number of halogens is 1. The number of hydrogen-bond donors (Lipinski definition) is 0. The van der Waals surface area contributed by atoms with Crippen LogP contribution in [0.1, 0.15) is 34.1 Å². The number of cyclic esters (lactones) is 1. The fourth-order valence-electron chi connectivity index (χ4n) is 1.90. The standard InChI is InChI=1S/C12H18BFO4/c1-11(2)12(3,4)18-13(17-11)9(14)5-8-6-10(15)16-7-8/h5,8H,6-7H2,1-4H3. The molecule has 1 atom stereocenters. The molecule has 0 aromatic heterocycles. The molecule has 100 valence electrons. The molecule has 0 saturated carbocycles. The highest BCUT2D eigenvalue weighted by molar-refractivity contribution is 6.53. The maximum absolute atomic E-state index is 14.0. The molecule has 0 bridgehead atoms. The van der Waals surface area contributed by atoms with Crippen molar-refractivity contribution in [3.63, 3.8) is 0 Å². The molecule has 0 aromatic carbocycles. The number of hydrogen-bond acceptors (Lipinski definition) is 4. The zero-order valence-corrected chi connectivity index (χ0v) is 11.2. The Balaban J connectivity index is 2.05. The monoisotopic (exact) mass is 256 g/mol. The Kier molecular flexibility index (Phi) is 3.27. The predicted octanol–water partition coefficient (Wildman–Crippen LogP) is 2.03. The van der Waals surface area contributed by atoms with E-state index in [1.807, 2.05) is 27.7 Å². The minimum absolute atomic E-state index is 0.215. The summed E-state index contributed by atoms with van der Waals surface area (Å²) in [7, 11) is -0.995. The van der Waals surface area contributed by atoms with Crippen LogP contribution >= 0.6 is 0 Å². The van der Waals surface area contributed by atoms with Gasteiger partial charge >= 0.3 is 13.1 Å². The van der Waals surface area contributed by atoms with Gasteiger partial charge in [0.05, 0.1) is 24.2 Å². The molecule has 2 heterocycles. The van der Waals surface area contributed by atoms with E-state index in [-0.39, 0.29) is 24.9 Å². The largest absolute Gasteiger partial charge is 0.524 e. The van der Waals surface area contributed by atoms with Crippen LogP contribution in [-0.2, 0) is 18.8 Å². The molecule has 2 fully saturated rings. The summed E-state index contributed by atoms with van der Waals surface area (Å²) in [5.41, 5.74) is -1.62. The summed E-state index contributed by atoms with van der Waals surface area (Å²) in [6.45, 7) is 7.68. The average Bonchev–Trinajstić information content (AvgIpc) is 2.70. The normalized spacial score (nSPS) is 30.7. The van der Waals surface area contributed by atoms with Crippen LogP contribution in [0.25, 0.3) is 0 Å². The molecule has 1 unspecified atom stereocenters. The minimum Gasteiger partial charge on any atom is -0.465 e. The highest BCUT2D eigenvalue weighted by Gasteiger charge is 2.53. The lowest BCUT2D eigenvalue weighted by Gasteiger charge is -2.32. The quantitative estimate of drug-likeness (QED) is 0.560. The first kappa shape index (κ1) is 13.6. The maximum Gasteiger partial charge on any atom is 0.524 e. The second-order valence-electron chi connectivity index (χ2n) is 5.79. The van der Waals surface area contributed by atoms with Crippen molar-refractivity contribution in [3.05, 3.63) is 11.8 Å². The van der Waals surface area contributed by atoms with Crippen molar-refractivity contribution in [2.24, 2.45) is 5.92 Å². The van der Waals surface area contributed by atoms with E-state index in [4.69, 9.17) is 14.0 Å². The number of carbonyl (C=O) groups excluding carboxylic acids is 1. The van der Waals surface area contributed by atoms with Crippen LogP contribution in [0.15, 0.2) is 11.8 Å². The van der Waals surface area contributed by atoms with E-state index in [1.54, 1.807) is 0 Å². The molecule has 6 heteroatoms. The van der Waals surface area contributed by atoms with Crippen LogP contribution in [0.5, 0.6) is 0 Å². The Hall–Kier alpha value is -0.875. The highest BCUT2D eigenvalue weighted by Crippen LogP contribution is 2.39. The van der Waals surface area contributed by atoms with E-state index in [1.165, 1.54) is 6.08 Å². The van der Waals surface area contributed by atoms with Crippen LogP contribution in [-0.4, -0.2) is 30.9 Å². The van der Waals surface area contributed by atoms with Crippen molar-refractivity contribution < 1.29 is 23.2 Å². The summed E-state index contributed by atoms with van der Waals surface area (Å²) < 4.78 is 29.9. The molecule has 2 saturated heterocycles. The third-order valence-corrected chi connectivity index (χ3v) is 3.76. The lowest BCUT2D eigenvalue weighted by molar-refractivity contribution is -0.137. The average molecular weight is 256 g/mol. The van der Waals surface area contributed by atoms with Gasteiger partial charge in [0.2, 0.25) is 0 Å².